The van der Waals surface area contributed by atoms with Crippen molar-refractivity contribution in [3.8, 4) is 5.69 Å². The predicted octanol–water partition coefficient (Wildman–Crippen LogP) is 4.39. The van der Waals surface area contributed by atoms with E-state index in [-0.39, 0.29) is 0 Å². The quantitative estimate of drug-likeness (QED) is 0.681. The number of anilines is 1. The predicted molar refractivity (Wildman–Crippen MR) is 92.9 cm³/mol. The molecule has 1 N–H and O–H groups in total. The topological polar surface area (TPSA) is 36.9 Å². The molecule has 2 aromatic heterocycles. The molecule has 0 fully saturated rings. The number of aromatic amines is 1. The van der Waals surface area contributed by atoms with Crippen LogP contribution in [-0.4, -0.2) is 21.8 Å². The number of para-hydroxylation sites is 1. The Morgan fingerprint density at radius 1 is 1.38 bits per heavy atom. The van der Waals surface area contributed by atoms with E-state index in [0.717, 1.165) is 22.0 Å². The number of aromatic nitrogens is 3. The fraction of sp³-hybridized carbons (Fsp3) is 0.143. The molecule has 4 nitrogen and oxygen atoms in total. The lowest BCUT2D eigenvalue weighted by Gasteiger charge is -2.18. The Labute approximate surface area is 140 Å². The van der Waals surface area contributed by atoms with Crippen molar-refractivity contribution in [1.29, 1.82) is 0 Å². The molecule has 0 aliphatic heterocycles. The Morgan fingerprint density at radius 3 is 2.81 bits per heavy atom. The summed E-state index contributed by atoms with van der Waals surface area (Å²) in [6.45, 7) is 0.772. The lowest BCUT2D eigenvalue weighted by atomic mass is 10.3. The number of thiophene rings is 1. The van der Waals surface area contributed by atoms with Crippen LogP contribution >= 0.6 is 39.5 Å². The Hall–Kier alpha value is -1.44. The van der Waals surface area contributed by atoms with Gasteiger partial charge in [-0.15, -0.1) is 16.4 Å². The van der Waals surface area contributed by atoms with Gasteiger partial charge in [0.2, 0.25) is 10.7 Å². The molecule has 1 aromatic carbocycles. The van der Waals surface area contributed by atoms with E-state index in [0.29, 0.717) is 4.77 Å². The summed E-state index contributed by atoms with van der Waals surface area (Å²) >= 11 is 10.5. The van der Waals surface area contributed by atoms with Crippen molar-refractivity contribution in [2.45, 2.75) is 6.54 Å². The second-order valence-corrected chi connectivity index (χ2v) is 7.29. The first kappa shape index (κ1) is 14.5. The minimum absolute atomic E-state index is 0.592. The molecule has 108 valence electrons. The van der Waals surface area contributed by atoms with Gasteiger partial charge in [0.05, 0.1) is 9.47 Å². The maximum atomic E-state index is 5.36. The number of nitrogens with one attached hydrogen (secondary N) is 1. The Morgan fingerprint density at radius 2 is 2.14 bits per heavy atom. The molecule has 3 rings (SSSR count). The highest BCUT2D eigenvalue weighted by atomic mass is 79.9. The molecule has 0 amide bonds. The Balaban J connectivity index is 1.94. The van der Waals surface area contributed by atoms with E-state index in [1.54, 1.807) is 11.3 Å². The van der Waals surface area contributed by atoms with Crippen LogP contribution in [0.4, 0.5) is 5.95 Å². The Bertz CT molecular complexity index is 791. The third-order valence-corrected chi connectivity index (χ3v) is 4.88. The minimum Gasteiger partial charge on any atom is -0.339 e. The summed E-state index contributed by atoms with van der Waals surface area (Å²) in [4.78, 5) is 2.08. The maximum absolute atomic E-state index is 5.36. The van der Waals surface area contributed by atoms with Gasteiger partial charge in [-0.2, -0.15) is 0 Å². The highest BCUT2D eigenvalue weighted by Crippen LogP contribution is 2.24. The van der Waals surface area contributed by atoms with Crippen molar-refractivity contribution in [3.63, 3.8) is 0 Å². The highest BCUT2D eigenvalue weighted by molar-refractivity contribution is 9.11. The first-order valence-corrected chi connectivity index (χ1v) is 8.40. The van der Waals surface area contributed by atoms with Crippen molar-refractivity contribution >= 4 is 45.4 Å². The molecular formula is C14H13BrN4S2. The molecule has 3 aromatic rings. The molecule has 0 bridgehead atoms. The second kappa shape index (κ2) is 6.13. The van der Waals surface area contributed by atoms with Crippen LogP contribution in [0.25, 0.3) is 5.69 Å². The van der Waals surface area contributed by atoms with Crippen LogP contribution in [0.5, 0.6) is 0 Å². The van der Waals surface area contributed by atoms with Gasteiger partial charge >= 0.3 is 0 Å². The number of rotatable bonds is 4. The first-order valence-electron chi connectivity index (χ1n) is 6.32. The lowest BCUT2D eigenvalue weighted by Crippen LogP contribution is -2.20. The molecule has 21 heavy (non-hydrogen) atoms. The average molecular weight is 381 g/mol. The van der Waals surface area contributed by atoms with E-state index in [9.17, 15) is 0 Å². The lowest BCUT2D eigenvalue weighted by molar-refractivity contribution is 0.845. The van der Waals surface area contributed by atoms with E-state index >= 15 is 0 Å². The summed E-state index contributed by atoms with van der Waals surface area (Å²) in [5.41, 5.74) is 2.24. The van der Waals surface area contributed by atoms with Crippen LogP contribution in [0.1, 0.15) is 5.56 Å². The number of hydrogen-bond donors (Lipinski definition) is 1. The molecule has 0 saturated heterocycles. The molecule has 2 heterocycles. The van der Waals surface area contributed by atoms with Gasteiger partial charge in [-0.05, 0) is 57.3 Å². The van der Waals surface area contributed by atoms with E-state index in [1.807, 2.05) is 41.9 Å². The molecule has 0 aliphatic rings. The van der Waals surface area contributed by atoms with Gasteiger partial charge in [0.15, 0.2) is 0 Å². The first-order chi connectivity index (χ1) is 10.1. The zero-order chi connectivity index (χ0) is 14.8. The number of H-pyrrole nitrogens is 1. The van der Waals surface area contributed by atoms with E-state index in [1.165, 1.54) is 5.56 Å². The van der Waals surface area contributed by atoms with Crippen molar-refractivity contribution < 1.29 is 0 Å². The van der Waals surface area contributed by atoms with Gasteiger partial charge in [0.1, 0.15) is 0 Å². The van der Waals surface area contributed by atoms with Crippen LogP contribution in [0.2, 0.25) is 0 Å². The van der Waals surface area contributed by atoms with Gasteiger partial charge in [-0.3, -0.25) is 4.57 Å². The standard InChI is InChI=1S/C14H13BrN4S2/c1-18(8-10-7-12(15)21-9-10)13-16-17-14(20)19(13)11-5-3-2-4-6-11/h2-7,9H,8H2,1H3,(H,17,20). The second-order valence-electron chi connectivity index (χ2n) is 4.61. The third-order valence-electron chi connectivity index (χ3n) is 3.05. The number of nitrogens with zero attached hydrogens (tertiary/aromatic N) is 3. The van der Waals surface area contributed by atoms with Crippen LogP contribution in [0.3, 0.4) is 0 Å². The highest BCUT2D eigenvalue weighted by Gasteiger charge is 2.13. The molecule has 0 atom stereocenters. The molecule has 0 saturated carbocycles. The average Bonchev–Trinajstić information content (AvgIpc) is 3.06. The largest absolute Gasteiger partial charge is 0.339 e. The van der Waals surface area contributed by atoms with Crippen LogP contribution in [0, 0.1) is 4.77 Å². The van der Waals surface area contributed by atoms with Gasteiger partial charge in [-0.25, -0.2) is 5.10 Å². The van der Waals surface area contributed by atoms with Crippen molar-refractivity contribution in [3.05, 3.63) is 55.9 Å². The molecule has 0 unspecified atom stereocenters. The monoisotopic (exact) mass is 380 g/mol. The van der Waals surface area contributed by atoms with Gasteiger partial charge in [-0.1, -0.05) is 18.2 Å². The molecule has 0 aliphatic carbocycles. The summed E-state index contributed by atoms with van der Waals surface area (Å²) < 4.78 is 3.67. The van der Waals surface area contributed by atoms with Crippen LogP contribution < -0.4 is 4.90 Å². The van der Waals surface area contributed by atoms with Crippen molar-refractivity contribution in [2.75, 3.05) is 11.9 Å². The van der Waals surface area contributed by atoms with Crippen molar-refractivity contribution in [1.82, 2.24) is 14.8 Å². The van der Waals surface area contributed by atoms with Crippen LogP contribution in [0.15, 0.2) is 45.6 Å². The fourth-order valence-electron chi connectivity index (χ4n) is 2.13. The van der Waals surface area contributed by atoms with E-state index in [4.69, 9.17) is 12.2 Å². The molecular weight excluding hydrogens is 368 g/mol. The number of hydrogen-bond acceptors (Lipinski definition) is 4. The van der Waals surface area contributed by atoms with Gasteiger partial charge in [0, 0.05) is 13.6 Å². The third kappa shape index (κ3) is 3.09. The normalized spacial score (nSPS) is 10.8. The zero-order valence-electron chi connectivity index (χ0n) is 11.3. The molecule has 0 spiro atoms. The molecule has 7 heteroatoms. The summed E-state index contributed by atoms with van der Waals surface area (Å²) in [5.74, 6) is 0.800. The smallest absolute Gasteiger partial charge is 0.230 e. The van der Waals surface area contributed by atoms with Crippen molar-refractivity contribution in [2.24, 2.45) is 0 Å². The minimum atomic E-state index is 0.592. The summed E-state index contributed by atoms with van der Waals surface area (Å²) in [6, 6.07) is 12.1. The number of halogens is 1. The summed E-state index contributed by atoms with van der Waals surface area (Å²) in [6.07, 6.45) is 0. The number of benzene rings is 1. The van der Waals surface area contributed by atoms with E-state index in [2.05, 4.69) is 42.5 Å². The zero-order valence-corrected chi connectivity index (χ0v) is 14.5. The van der Waals surface area contributed by atoms with Gasteiger partial charge in [0.25, 0.3) is 0 Å². The maximum Gasteiger partial charge on any atom is 0.230 e. The Kier molecular flexibility index (Phi) is 4.23. The van der Waals surface area contributed by atoms with Gasteiger partial charge < -0.3 is 4.90 Å². The summed E-state index contributed by atoms with van der Waals surface area (Å²) in [5, 5.41) is 9.37. The van der Waals surface area contributed by atoms with E-state index < -0.39 is 0 Å². The summed E-state index contributed by atoms with van der Waals surface area (Å²) in [7, 11) is 2.01. The van der Waals surface area contributed by atoms with Crippen LogP contribution in [-0.2, 0) is 6.54 Å². The SMILES string of the molecule is CN(Cc1csc(Br)c1)c1n[nH]c(=S)n1-c1ccccc1. The molecule has 0 radical (unpaired) electrons. The fourth-order valence-corrected chi connectivity index (χ4v) is 3.56.